The molecular weight excluding hydrogens is 570 g/mol. The predicted octanol–water partition coefficient (Wildman–Crippen LogP) is 4.48. The van der Waals surface area contributed by atoms with E-state index in [4.69, 9.17) is 9.72 Å². The summed E-state index contributed by atoms with van der Waals surface area (Å²) in [6.07, 6.45) is 8.60. The summed E-state index contributed by atoms with van der Waals surface area (Å²) in [6.45, 7) is 7.62. The normalized spacial score (nSPS) is 16.7. The minimum atomic E-state index is -0.0860. The summed E-state index contributed by atoms with van der Waals surface area (Å²) >= 11 is 0. The highest BCUT2D eigenvalue weighted by atomic mass is 16.5. The van der Waals surface area contributed by atoms with Gasteiger partial charge in [-0.25, -0.2) is 15.0 Å². The number of ether oxygens (including phenoxy) is 1. The van der Waals surface area contributed by atoms with Crippen LogP contribution in [0.4, 0.5) is 23.3 Å². The number of nitrogens with zero attached hydrogens (tertiary/aromatic N) is 7. The number of likely N-dealkylation sites (tertiary alicyclic amines) is 1. The lowest BCUT2D eigenvalue weighted by Crippen LogP contribution is -2.33. The topological polar surface area (TPSA) is 151 Å². The maximum atomic E-state index is 13.2. The largest absolute Gasteiger partial charge is 0.459 e. The van der Waals surface area contributed by atoms with Gasteiger partial charge in [-0.2, -0.15) is 10.1 Å². The maximum absolute atomic E-state index is 13.2. The van der Waals surface area contributed by atoms with E-state index in [1.807, 2.05) is 58.3 Å². The number of aromatic amines is 1. The molecule has 0 unspecified atom stereocenters. The van der Waals surface area contributed by atoms with Gasteiger partial charge in [-0.3, -0.25) is 14.4 Å². The summed E-state index contributed by atoms with van der Waals surface area (Å²) in [6, 6.07) is 8.69. The third-order valence-electron chi connectivity index (χ3n) is 8.31. The fraction of sp³-hybridized carbons (Fsp3) is 0.375. The number of H-pyrrole nitrogens is 1. The Labute approximate surface area is 260 Å². The summed E-state index contributed by atoms with van der Waals surface area (Å²) in [4.78, 5) is 36.8. The van der Waals surface area contributed by atoms with Crippen molar-refractivity contribution < 1.29 is 9.53 Å². The molecule has 0 spiro atoms. The molecule has 5 heterocycles. The van der Waals surface area contributed by atoms with E-state index in [0.29, 0.717) is 36.1 Å². The van der Waals surface area contributed by atoms with Gasteiger partial charge in [-0.15, -0.1) is 0 Å². The van der Waals surface area contributed by atoms with Crippen molar-refractivity contribution in [2.45, 2.75) is 52.2 Å². The Balaban J connectivity index is 1.00. The molecule has 1 saturated carbocycles. The molecule has 0 radical (unpaired) electrons. The van der Waals surface area contributed by atoms with E-state index in [1.54, 1.807) is 17.1 Å². The number of benzene rings is 1. The van der Waals surface area contributed by atoms with Crippen molar-refractivity contribution in [3.05, 3.63) is 59.7 Å². The standard InChI is InChI=1S/C32H37N11O2/c1-18-13-34-31(38-26-12-20(3)42(4)41-26)39-28(18)24-15-33-29-23(24)6-5-7-25(29)37-27(44)17-43-11-10-22(16-43)45-32-35-14-19(2)30(40-32)36-21-8-9-21/h5-7,12-15,21-22,33H,8-11,16-17H2,1-4H3,(H,37,44)(H,35,36,40)(H,34,38,39,41)/t22-/m0/s1. The number of hydrogen-bond donors (Lipinski definition) is 4. The van der Waals surface area contributed by atoms with Crippen LogP contribution in [0.25, 0.3) is 22.2 Å². The Hall–Kier alpha value is -5.04. The Bertz CT molecular complexity index is 1860. The first-order valence-corrected chi connectivity index (χ1v) is 15.3. The predicted molar refractivity (Wildman–Crippen MR) is 173 cm³/mol. The number of amides is 1. The minimum Gasteiger partial charge on any atom is -0.459 e. The van der Waals surface area contributed by atoms with Crippen LogP contribution in [0, 0.1) is 20.8 Å². The molecule has 232 valence electrons. The molecule has 0 bridgehead atoms. The van der Waals surface area contributed by atoms with Gasteiger partial charge in [0.2, 0.25) is 11.9 Å². The van der Waals surface area contributed by atoms with Crippen LogP contribution in [0.5, 0.6) is 6.01 Å². The van der Waals surface area contributed by atoms with Gasteiger partial charge in [0.25, 0.3) is 0 Å². The van der Waals surface area contributed by atoms with Crippen molar-refractivity contribution in [3.63, 3.8) is 0 Å². The Kier molecular flexibility index (Phi) is 7.53. The number of aryl methyl sites for hydroxylation is 4. The van der Waals surface area contributed by atoms with Crippen molar-refractivity contribution in [2.75, 3.05) is 35.6 Å². The maximum Gasteiger partial charge on any atom is 0.318 e. The summed E-state index contributed by atoms with van der Waals surface area (Å²) in [5, 5.41) is 15.1. The van der Waals surface area contributed by atoms with E-state index in [0.717, 1.165) is 57.8 Å². The SMILES string of the molecule is Cc1cnc(O[C@H]2CCN(CC(=O)Nc3cccc4c(-c5nc(Nc6cc(C)n(C)n6)ncc5C)c[nH]c34)C2)nc1NC1CC1. The summed E-state index contributed by atoms with van der Waals surface area (Å²) in [5.41, 5.74) is 6.25. The fourth-order valence-electron chi connectivity index (χ4n) is 5.59. The van der Waals surface area contributed by atoms with Gasteiger partial charge in [-0.05, 0) is 51.7 Å². The Morgan fingerprint density at radius 3 is 2.73 bits per heavy atom. The summed E-state index contributed by atoms with van der Waals surface area (Å²) < 4.78 is 7.90. The zero-order valence-electron chi connectivity index (χ0n) is 25.9. The minimum absolute atomic E-state index is 0.0687. The third kappa shape index (κ3) is 6.29. The fourth-order valence-corrected chi connectivity index (χ4v) is 5.59. The zero-order chi connectivity index (χ0) is 31.1. The van der Waals surface area contributed by atoms with Crippen LogP contribution in [0.2, 0.25) is 0 Å². The second kappa shape index (κ2) is 11.8. The lowest BCUT2D eigenvalue weighted by atomic mass is 10.1. The number of rotatable bonds is 10. The number of anilines is 4. The van der Waals surface area contributed by atoms with Crippen LogP contribution in [-0.4, -0.2) is 77.3 Å². The number of carbonyl (C=O) groups is 1. The zero-order valence-corrected chi connectivity index (χ0v) is 25.9. The highest BCUT2D eigenvalue weighted by Crippen LogP contribution is 2.34. The van der Waals surface area contributed by atoms with Crippen molar-refractivity contribution in [1.82, 2.24) is 39.6 Å². The van der Waals surface area contributed by atoms with E-state index in [9.17, 15) is 4.79 Å². The number of aromatic nitrogens is 7. The molecule has 5 aromatic rings. The first-order chi connectivity index (χ1) is 21.8. The lowest BCUT2D eigenvalue weighted by Gasteiger charge is -2.17. The van der Waals surface area contributed by atoms with Crippen LogP contribution in [0.15, 0.2) is 42.9 Å². The van der Waals surface area contributed by atoms with Gasteiger partial charge in [0.1, 0.15) is 11.9 Å². The number of carbonyl (C=O) groups excluding carboxylic acids is 1. The van der Waals surface area contributed by atoms with E-state index < -0.39 is 0 Å². The molecule has 13 nitrogen and oxygen atoms in total. The molecule has 1 aliphatic carbocycles. The quantitative estimate of drug-likeness (QED) is 0.179. The second-order valence-electron chi connectivity index (χ2n) is 12.0. The van der Waals surface area contributed by atoms with Gasteiger partial charge < -0.3 is 25.7 Å². The molecular formula is C32H37N11O2. The van der Waals surface area contributed by atoms with Gasteiger partial charge in [0.15, 0.2) is 5.82 Å². The van der Waals surface area contributed by atoms with Gasteiger partial charge >= 0.3 is 6.01 Å². The third-order valence-corrected chi connectivity index (χ3v) is 8.31. The van der Waals surface area contributed by atoms with Gasteiger partial charge in [0, 0.05) is 73.0 Å². The Morgan fingerprint density at radius 2 is 1.93 bits per heavy atom. The molecule has 13 heteroatoms. The van der Waals surface area contributed by atoms with Gasteiger partial charge in [0.05, 0.1) is 23.4 Å². The summed E-state index contributed by atoms with van der Waals surface area (Å²) in [7, 11) is 1.89. The van der Waals surface area contributed by atoms with Crippen LogP contribution in [0.3, 0.4) is 0 Å². The Morgan fingerprint density at radius 1 is 1.09 bits per heavy atom. The average molecular weight is 608 g/mol. The van der Waals surface area contributed by atoms with Crippen molar-refractivity contribution >= 4 is 40.1 Å². The van der Waals surface area contributed by atoms with E-state index in [2.05, 4.69) is 45.9 Å². The van der Waals surface area contributed by atoms with Crippen molar-refractivity contribution in [1.29, 1.82) is 0 Å². The second-order valence-corrected chi connectivity index (χ2v) is 12.0. The number of nitrogens with one attached hydrogen (secondary N) is 4. The van der Waals surface area contributed by atoms with Crippen LogP contribution < -0.4 is 20.7 Å². The first kappa shape index (κ1) is 28.7. The molecule has 1 aliphatic heterocycles. The first-order valence-electron chi connectivity index (χ1n) is 15.3. The summed E-state index contributed by atoms with van der Waals surface area (Å²) in [5.74, 6) is 1.90. The van der Waals surface area contributed by atoms with Crippen molar-refractivity contribution in [2.24, 2.45) is 7.05 Å². The highest BCUT2D eigenvalue weighted by molar-refractivity contribution is 6.06. The number of hydrogen-bond acceptors (Lipinski definition) is 10. The van der Waals surface area contributed by atoms with E-state index in [1.165, 1.54) is 12.8 Å². The molecule has 2 aliphatic rings. The van der Waals surface area contributed by atoms with Crippen LogP contribution in [-0.2, 0) is 11.8 Å². The molecule has 45 heavy (non-hydrogen) atoms. The lowest BCUT2D eigenvalue weighted by molar-refractivity contribution is -0.117. The molecule has 7 rings (SSSR count). The van der Waals surface area contributed by atoms with Crippen LogP contribution >= 0.6 is 0 Å². The van der Waals surface area contributed by atoms with E-state index in [-0.39, 0.29) is 18.6 Å². The molecule has 4 aromatic heterocycles. The average Bonchev–Trinajstić information content (AvgIpc) is 3.39. The molecule has 1 saturated heterocycles. The van der Waals surface area contributed by atoms with Crippen molar-refractivity contribution in [3.8, 4) is 17.3 Å². The van der Waals surface area contributed by atoms with E-state index >= 15 is 0 Å². The highest BCUT2D eigenvalue weighted by Gasteiger charge is 2.27. The molecule has 2 fully saturated rings. The van der Waals surface area contributed by atoms with Crippen LogP contribution in [0.1, 0.15) is 36.1 Å². The number of fused-ring (bicyclic) bond motifs is 1. The molecule has 4 N–H and O–H groups in total. The van der Waals surface area contributed by atoms with Gasteiger partial charge in [-0.1, -0.05) is 12.1 Å². The molecule has 1 aromatic carbocycles. The monoisotopic (exact) mass is 607 g/mol. The smallest absolute Gasteiger partial charge is 0.318 e. The molecule has 1 atom stereocenters. The number of para-hydroxylation sites is 1. The molecule has 1 amide bonds.